The average molecular weight is 1070 g/mol. The van der Waals surface area contributed by atoms with Crippen LogP contribution in [0.2, 0.25) is 0 Å². The van der Waals surface area contributed by atoms with Crippen LogP contribution in [0.25, 0.3) is 0 Å². The fraction of sp³-hybridized carbons (Fsp3) is 0.317. The van der Waals surface area contributed by atoms with Crippen LogP contribution in [-0.4, -0.2) is 117 Å². The molecule has 4 aliphatic heterocycles. The number of morpholine rings is 2. The Kier molecular flexibility index (Phi) is 16.2. The average Bonchev–Trinajstić information content (AvgIpc) is 4.17. The van der Waals surface area contributed by atoms with Crippen LogP contribution in [0.1, 0.15) is 65.4 Å². The zero-order chi connectivity index (χ0) is 55.2. The molecule has 4 aliphatic rings. The summed E-state index contributed by atoms with van der Waals surface area (Å²) in [5.41, 5.74) is 2.98. The second kappa shape index (κ2) is 23.7. The molecule has 4 heterocycles. The van der Waals surface area contributed by atoms with Gasteiger partial charge in [-0.2, -0.15) is 0 Å². The predicted molar refractivity (Wildman–Crippen MR) is 298 cm³/mol. The lowest BCUT2D eigenvalue weighted by molar-refractivity contribution is -0.177. The Morgan fingerprint density at radius 3 is 2.15 bits per heavy atom. The summed E-state index contributed by atoms with van der Waals surface area (Å²) in [6.45, 7) is 6.70. The topological polar surface area (TPSA) is 180 Å². The van der Waals surface area contributed by atoms with Gasteiger partial charge in [-0.05, 0) is 95.4 Å². The van der Waals surface area contributed by atoms with Crippen molar-refractivity contribution >= 4 is 46.8 Å². The monoisotopic (exact) mass is 1060 g/mol. The quantitative estimate of drug-likeness (QED) is 0.0678. The van der Waals surface area contributed by atoms with Gasteiger partial charge in [0.05, 0.1) is 57.2 Å². The molecule has 3 saturated heterocycles. The fourth-order valence-corrected chi connectivity index (χ4v) is 11.8. The van der Waals surface area contributed by atoms with Gasteiger partial charge < -0.3 is 39.6 Å². The number of hydrogen-bond acceptors (Lipinski definition) is 13. The third-order valence-electron chi connectivity index (χ3n) is 15.3. The van der Waals surface area contributed by atoms with Gasteiger partial charge in [0.15, 0.2) is 0 Å². The minimum Gasteiger partial charge on any atom is -0.491 e. The molecule has 6 aromatic carbocycles. The number of hydrogen-bond donors (Lipinski definition) is 3. The molecule has 3 N–H and O–H groups in total. The van der Waals surface area contributed by atoms with Crippen molar-refractivity contribution in [2.75, 3.05) is 75.3 Å². The SMILES string of the molecule is COC(=O)C(NC(=O)N1C(=O)C2(c3cc(C#CCN(C)Cc4ccccc4)ccc31)C(C(=O)Nc1ccc(N3CCOCC3)cc1)C1C(=O)OC(c3ccccc3)C(c3ccccc3)N1C2c1cccc(OCCO)c1)C(C)C. The van der Waals surface area contributed by atoms with Crippen molar-refractivity contribution < 1.29 is 48.0 Å². The normalized spacial score (nSPS) is 21.9. The van der Waals surface area contributed by atoms with Gasteiger partial charge in [0.1, 0.15) is 36.0 Å². The van der Waals surface area contributed by atoms with Crippen LogP contribution in [0.3, 0.4) is 0 Å². The largest absolute Gasteiger partial charge is 0.491 e. The van der Waals surface area contributed by atoms with Crippen LogP contribution < -0.4 is 25.2 Å². The molecule has 6 aromatic rings. The van der Waals surface area contributed by atoms with Crippen LogP contribution >= 0.6 is 0 Å². The maximum absolute atomic E-state index is 16.9. The van der Waals surface area contributed by atoms with E-state index in [0.717, 1.165) is 21.7 Å². The molecule has 16 heteroatoms. The third-order valence-corrected chi connectivity index (χ3v) is 15.3. The van der Waals surface area contributed by atoms with E-state index in [1.165, 1.54) is 7.11 Å². The van der Waals surface area contributed by atoms with Gasteiger partial charge >= 0.3 is 18.0 Å². The van der Waals surface area contributed by atoms with Crippen molar-refractivity contribution in [1.82, 2.24) is 15.1 Å². The van der Waals surface area contributed by atoms with Crippen molar-refractivity contribution in [3.63, 3.8) is 0 Å². The van der Waals surface area contributed by atoms with E-state index in [2.05, 4.69) is 32.3 Å². The summed E-state index contributed by atoms with van der Waals surface area (Å²) in [7, 11) is 3.19. The van der Waals surface area contributed by atoms with Gasteiger partial charge in [0.2, 0.25) is 11.8 Å². The van der Waals surface area contributed by atoms with Gasteiger partial charge in [-0.25, -0.2) is 14.5 Å². The lowest BCUT2D eigenvalue weighted by Gasteiger charge is -2.46. The number of cyclic esters (lactones) is 1. The summed E-state index contributed by atoms with van der Waals surface area (Å²) in [4.78, 5) is 84.8. The van der Waals surface area contributed by atoms with Crippen molar-refractivity contribution in [3.05, 3.63) is 191 Å². The summed E-state index contributed by atoms with van der Waals surface area (Å²) in [6, 6.07) is 42.7. The van der Waals surface area contributed by atoms with Crippen LogP contribution in [0, 0.1) is 23.7 Å². The van der Waals surface area contributed by atoms with Gasteiger partial charge in [0, 0.05) is 36.6 Å². The van der Waals surface area contributed by atoms with E-state index in [1.54, 1.807) is 62.4 Å². The van der Waals surface area contributed by atoms with E-state index in [9.17, 15) is 9.90 Å². The molecule has 0 saturated carbocycles. The Morgan fingerprint density at radius 2 is 1.48 bits per heavy atom. The van der Waals surface area contributed by atoms with Crippen molar-refractivity contribution in [3.8, 4) is 17.6 Å². The summed E-state index contributed by atoms with van der Waals surface area (Å²) < 4.78 is 23.5. The number of fused-ring (bicyclic) bond motifs is 3. The van der Waals surface area contributed by atoms with Crippen molar-refractivity contribution in [2.24, 2.45) is 11.8 Å². The van der Waals surface area contributed by atoms with E-state index in [4.69, 9.17) is 18.9 Å². The molecule has 79 heavy (non-hydrogen) atoms. The fourth-order valence-electron chi connectivity index (χ4n) is 11.8. The van der Waals surface area contributed by atoms with Gasteiger partial charge in [-0.3, -0.25) is 24.2 Å². The molecule has 16 nitrogen and oxygen atoms in total. The number of amides is 4. The van der Waals surface area contributed by atoms with Crippen LogP contribution in [0.5, 0.6) is 5.75 Å². The number of benzene rings is 6. The Balaban J connectivity index is 1.22. The summed E-state index contributed by atoms with van der Waals surface area (Å²) in [5, 5.41) is 15.9. The lowest BCUT2D eigenvalue weighted by Crippen LogP contribution is -2.57. The Bertz CT molecular complexity index is 3240. The van der Waals surface area contributed by atoms with E-state index < -0.39 is 77.3 Å². The molecule has 4 amide bonds. The number of urea groups is 1. The second-order valence-corrected chi connectivity index (χ2v) is 20.6. The number of methoxy groups -OCH3 is 1. The number of nitrogens with one attached hydrogen (secondary N) is 2. The maximum Gasteiger partial charge on any atom is 0.329 e. The molecule has 1 spiro atoms. The highest BCUT2D eigenvalue weighted by Crippen LogP contribution is 2.66. The third kappa shape index (κ3) is 10.7. The van der Waals surface area contributed by atoms with E-state index in [1.807, 2.05) is 121 Å². The molecule has 0 radical (unpaired) electrons. The number of anilines is 3. The minimum atomic E-state index is -2.15. The molecule has 3 fully saturated rings. The minimum absolute atomic E-state index is 0.0501. The number of aliphatic hydroxyl groups excluding tert-OH is 1. The molecule has 7 atom stereocenters. The first-order chi connectivity index (χ1) is 38.4. The molecule has 10 rings (SSSR count). The summed E-state index contributed by atoms with van der Waals surface area (Å²) in [6.07, 6.45) is -0.970. The van der Waals surface area contributed by atoms with E-state index in [-0.39, 0.29) is 24.5 Å². The number of aliphatic hydroxyl groups is 1. The highest BCUT2D eigenvalue weighted by Gasteiger charge is 2.75. The first-order valence-corrected chi connectivity index (χ1v) is 26.7. The maximum atomic E-state index is 16.9. The van der Waals surface area contributed by atoms with Crippen molar-refractivity contribution in [1.29, 1.82) is 0 Å². The highest BCUT2D eigenvalue weighted by atomic mass is 16.6. The zero-order valence-corrected chi connectivity index (χ0v) is 44.6. The first kappa shape index (κ1) is 54.0. The zero-order valence-electron chi connectivity index (χ0n) is 44.6. The molecule has 0 bridgehead atoms. The molecule has 7 unspecified atom stereocenters. The number of esters is 2. The van der Waals surface area contributed by atoms with Gasteiger partial charge in [-0.1, -0.05) is 129 Å². The standard InChI is InChI=1S/C63H64N6O10/c1-41(2)53(59(72)76-4)65-62(75)68-51-30-25-42(18-15-31-66(3)40-43-16-8-5-9-17-43)38-50(51)63(61(68)74)52(58(71)64-47-26-28-48(29-27-47)67-32-35-77-36-33-67)55-60(73)79-56(45-21-12-7-13-22-45)54(44-19-10-6-11-20-44)69(55)57(63)46-23-14-24-49(39-46)78-37-34-70/h5-14,16-17,19-30,38-39,41,52-57,70H,31-37,40H2,1-4H3,(H,64,71)(H,65,75). The number of nitrogens with zero attached hydrogens (tertiary/aromatic N) is 4. The molecule has 0 aliphatic carbocycles. The predicted octanol–water partition coefficient (Wildman–Crippen LogP) is 7.59. The van der Waals surface area contributed by atoms with E-state index >= 15 is 19.2 Å². The van der Waals surface area contributed by atoms with Gasteiger partial charge in [0.25, 0.3) is 0 Å². The Hall–Kier alpha value is -8.33. The number of imide groups is 1. The first-order valence-electron chi connectivity index (χ1n) is 26.7. The van der Waals surface area contributed by atoms with Gasteiger partial charge in [-0.15, -0.1) is 0 Å². The molecular weight excluding hydrogens is 1000 g/mol. The number of rotatable bonds is 15. The lowest BCUT2D eigenvalue weighted by atomic mass is 9.65. The Labute approximate surface area is 460 Å². The summed E-state index contributed by atoms with van der Waals surface area (Å²) >= 11 is 0. The number of carbonyl (C=O) groups is 5. The summed E-state index contributed by atoms with van der Waals surface area (Å²) in [5.74, 6) is 1.86. The van der Waals surface area contributed by atoms with Crippen LogP contribution in [-0.2, 0) is 45.3 Å². The van der Waals surface area contributed by atoms with E-state index in [0.29, 0.717) is 67.5 Å². The molecular formula is C63H64N6O10. The smallest absolute Gasteiger partial charge is 0.329 e. The Morgan fingerprint density at radius 1 is 0.810 bits per heavy atom. The number of ether oxygens (including phenoxy) is 4. The number of carbonyl (C=O) groups excluding carboxylic acids is 5. The molecule has 406 valence electrons. The van der Waals surface area contributed by atoms with Crippen LogP contribution in [0.15, 0.2) is 158 Å². The molecule has 0 aromatic heterocycles. The van der Waals surface area contributed by atoms with Crippen LogP contribution in [0.4, 0.5) is 21.9 Å². The second-order valence-electron chi connectivity index (χ2n) is 20.6. The van der Waals surface area contributed by atoms with Crippen molar-refractivity contribution in [2.45, 2.75) is 56.1 Å². The highest BCUT2D eigenvalue weighted by molar-refractivity contribution is 6.25.